The summed E-state index contributed by atoms with van der Waals surface area (Å²) in [6.07, 6.45) is 1.47. The normalized spacial score (nSPS) is 11.8. The second-order valence-corrected chi connectivity index (χ2v) is 5.44. The Balaban J connectivity index is 1.54. The fourth-order valence-corrected chi connectivity index (χ4v) is 2.17. The minimum atomic E-state index is -0.364. The number of ether oxygens (including phenoxy) is 1. The standard InChI is InChI=1S/C17H16FN5O2/c1-12(10-25-16-4-2-3-14(18)9-16)20-17(24)13-5-7-15(8-6-13)23-11-19-21-22-23/h2-9,11-12H,10H2,1H3,(H,20,24)/t12-/m0/s1. The summed E-state index contributed by atoms with van der Waals surface area (Å²) in [5.41, 5.74) is 1.26. The maximum absolute atomic E-state index is 13.1. The van der Waals surface area contributed by atoms with E-state index in [0.29, 0.717) is 11.3 Å². The van der Waals surface area contributed by atoms with Gasteiger partial charge >= 0.3 is 0 Å². The lowest BCUT2D eigenvalue weighted by Crippen LogP contribution is -2.36. The first-order chi connectivity index (χ1) is 12.1. The molecule has 0 bridgehead atoms. The first-order valence-electron chi connectivity index (χ1n) is 7.64. The summed E-state index contributed by atoms with van der Waals surface area (Å²) in [7, 11) is 0. The van der Waals surface area contributed by atoms with Gasteiger partial charge in [0.25, 0.3) is 5.91 Å². The third kappa shape index (κ3) is 4.37. The van der Waals surface area contributed by atoms with Crippen molar-refractivity contribution in [1.82, 2.24) is 25.5 Å². The van der Waals surface area contributed by atoms with E-state index >= 15 is 0 Å². The van der Waals surface area contributed by atoms with Gasteiger partial charge in [0, 0.05) is 11.6 Å². The molecule has 0 unspecified atom stereocenters. The number of hydrogen-bond acceptors (Lipinski definition) is 5. The van der Waals surface area contributed by atoms with Crippen LogP contribution in [0, 0.1) is 5.82 Å². The van der Waals surface area contributed by atoms with Gasteiger partial charge in [-0.2, -0.15) is 0 Å². The van der Waals surface area contributed by atoms with E-state index in [1.165, 1.54) is 23.1 Å². The van der Waals surface area contributed by atoms with Gasteiger partial charge in [-0.25, -0.2) is 9.07 Å². The maximum Gasteiger partial charge on any atom is 0.251 e. The highest BCUT2D eigenvalue weighted by Gasteiger charge is 2.11. The largest absolute Gasteiger partial charge is 0.491 e. The Kier molecular flexibility index (Phi) is 4.98. The second-order valence-electron chi connectivity index (χ2n) is 5.44. The number of halogens is 1. The number of amides is 1. The molecule has 1 atom stereocenters. The van der Waals surface area contributed by atoms with Gasteiger partial charge in [0.15, 0.2) is 0 Å². The van der Waals surface area contributed by atoms with Crippen molar-refractivity contribution in [2.24, 2.45) is 0 Å². The molecule has 0 fully saturated rings. The lowest BCUT2D eigenvalue weighted by atomic mass is 10.2. The predicted molar refractivity (Wildman–Crippen MR) is 88.0 cm³/mol. The third-order valence-corrected chi connectivity index (χ3v) is 3.42. The number of tetrazole rings is 1. The molecule has 7 nitrogen and oxygen atoms in total. The summed E-state index contributed by atoms with van der Waals surface area (Å²) in [5.74, 6) is -0.164. The predicted octanol–water partition coefficient (Wildman–Crippen LogP) is 2.00. The molecule has 0 spiro atoms. The van der Waals surface area contributed by atoms with Crippen LogP contribution >= 0.6 is 0 Å². The zero-order valence-corrected chi connectivity index (χ0v) is 13.5. The molecule has 0 radical (unpaired) electrons. The summed E-state index contributed by atoms with van der Waals surface area (Å²) in [4.78, 5) is 12.2. The van der Waals surface area contributed by atoms with Gasteiger partial charge in [0.2, 0.25) is 0 Å². The second kappa shape index (κ2) is 7.52. The Hall–Kier alpha value is -3.29. The smallest absolute Gasteiger partial charge is 0.251 e. The lowest BCUT2D eigenvalue weighted by Gasteiger charge is -2.15. The van der Waals surface area contributed by atoms with Crippen molar-refractivity contribution < 1.29 is 13.9 Å². The van der Waals surface area contributed by atoms with Crippen LogP contribution in [-0.2, 0) is 0 Å². The van der Waals surface area contributed by atoms with Crippen LogP contribution in [-0.4, -0.2) is 38.8 Å². The van der Waals surface area contributed by atoms with Crippen LogP contribution in [0.5, 0.6) is 5.75 Å². The molecule has 3 aromatic rings. The van der Waals surface area contributed by atoms with Crippen molar-refractivity contribution in [2.75, 3.05) is 6.61 Å². The minimum absolute atomic E-state index is 0.224. The van der Waals surface area contributed by atoms with Crippen molar-refractivity contribution in [2.45, 2.75) is 13.0 Å². The highest BCUT2D eigenvalue weighted by atomic mass is 19.1. The zero-order chi connectivity index (χ0) is 17.6. The van der Waals surface area contributed by atoms with E-state index in [1.54, 1.807) is 36.4 Å². The van der Waals surface area contributed by atoms with E-state index in [1.807, 2.05) is 6.92 Å². The van der Waals surface area contributed by atoms with Crippen molar-refractivity contribution in [3.05, 3.63) is 66.2 Å². The van der Waals surface area contributed by atoms with Gasteiger partial charge in [0.05, 0.1) is 11.7 Å². The molecule has 1 heterocycles. The molecule has 1 N–H and O–H groups in total. The molecule has 0 aliphatic heterocycles. The number of carbonyl (C=O) groups excluding carboxylic acids is 1. The van der Waals surface area contributed by atoms with Gasteiger partial charge in [0.1, 0.15) is 24.5 Å². The molecular formula is C17H16FN5O2. The number of nitrogens with one attached hydrogen (secondary N) is 1. The highest BCUT2D eigenvalue weighted by Crippen LogP contribution is 2.12. The van der Waals surface area contributed by atoms with E-state index in [9.17, 15) is 9.18 Å². The van der Waals surface area contributed by atoms with Gasteiger partial charge in [-0.1, -0.05) is 6.07 Å². The van der Waals surface area contributed by atoms with E-state index in [4.69, 9.17) is 4.74 Å². The highest BCUT2D eigenvalue weighted by molar-refractivity contribution is 5.94. The summed E-state index contributed by atoms with van der Waals surface area (Å²) in [6.45, 7) is 2.05. The van der Waals surface area contributed by atoms with Gasteiger partial charge < -0.3 is 10.1 Å². The van der Waals surface area contributed by atoms with Crippen molar-refractivity contribution in [1.29, 1.82) is 0 Å². The third-order valence-electron chi connectivity index (χ3n) is 3.42. The Morgan fingerprint density at radius 1 is 1.28 bits per heavy atom. The van der Waals surface area contributed by atoms with Crippen LogP contribution in [0.15, 0.2) is 54.9 Å². The Bertz CT molecular complexity index is 837. The van der Waals surface area contributed by atoms with E-state index in [2.05, 4.69) is 20.8 Å². The Morgan fingerprint density at radius 3 is 2.76 bits per heavy atom. The molecule has 1 amide bonds. The summed E-state index contributed by atoms with van der Waals surface area (Å²) in [5, 5.41) is 13.7. The van der Waals surface area contributed by atoms with Crippen molar-refractivity contribution >= 4 is 5.91 Å². The number of nitrogens with zero attached hydrogens (tertiary/aromatic N) is 4. The van der Waals surface area contributed by atoms with Crippen LogP contribution < -0.4 is 10.1 Å². The maximum atomic E-state index is 13.1. The first kappa shape index (κ1) is 16.6. The van der Waals surface area contributed by atoms with E-state index in [0.717, 1.165) is 5.69 Å². The average Bonchev–Trinajstić information content (AvgIpc) is 3.15. The number of rotatable bonds is 6. The van der Waals surface area contributed by atoms with Crippen LogP contribution in [0.1, 0.15) is 17.3 Å². The zero-order valence-electron chi connectivity index (χ0n) is 13.5. The fourth-order valence-electron chi connectivity index (χ4n) is 2.17. The molecule has 128 valence electrons. The van der Waals surface area contributed by atoms with E-state index < -0.39 is 0 Å². The number of benzene rings is 2. The minimum Gasteiger partial charge on any atom is -0.491 e. The van der Waals surface area contributed by atoms with Crippen LogP contribution in [0.2, 0.25) is 0 Å². The monoisotopic (exact) mass is 341 g/mol. The summed E-state index contributed by atoms with van der Waals surface area (Å²) < 4.78 is 20.1. The van der Waals surface area contributed by atoms with Gasteiger partial charge in [-0.15, -0.1) is 5.10 Å². The van der Waals surface area contributed by atoms with Crippen molar-refractivity contribution in [3.63, 3.8) is 0 Å². The Morgan fingerprint density at radius 2 is 2.08 bits per heavy atom. The lowest BCUT2D eigenvalue weighted by molar-refractivity contribution is 0.0926. The molecule has 2 aromatic carbocycles. The number of carbonyl (C=O) groups is 1. The number of hydrogen-bond donors (Lipinski definition) is 1. The number of aromatic nitrogens is 4. The molecule has 3 rings (SSSR count). The molecular weight excluding hydrogens is 325 g/mol. The summed E-state index contributed by atoms with van der Waals surface area (Å²) in [6, 6.07) is 12.5. The summed E-state index contributed by atoms with van der Waals surface area (Å²) >= 11 is 0. The van der Waals surface area contributed by atoms with Gasteiger partial charge in [-0.05, 0) is 53.7 Å². The van der Waals surface area contributed by atoms with Gasteiger partial charge in [-0.3, -0.25) is 4.79 Å². The molecule has 8 heteroatoms. The molecule has 0 saturated carbocycles. The topological polar surface area (TPSA) is 81.9 Å². The van der Waals surface area contributed by atoms with Crippen LogP contribution in [0.4, 0.5) is 4.39 Å². The fraction of sp³-hybridized carbons (Fsp3) is 0.176. The SMILES string of the molecule is C[C@@H](COc1cccc(F)c1)NC(=O)c1ccc(-n2cnnn2)cc1. The average molecular weight is 341 g/mol. The molecule has 25 heavy (non-hydrogen) atoms. The van der Waals surface area contributed by atoms with Crippen LogP contribution in [0.25, 0.3) is 5.69 Å². The first-order valence-corrected chi connectivity index (χ1v) is 7.64. The molecule has 1 aromatic heterocycles. The quantitative estimate of drug-likeness (QED) is 0.741. The Labute approximate surface area is 143 Å². The van der Waals surface area contributed by atoms with Crippen LogP contribution in [0.3, 0.4) is 0 Å². The molecule has 0 aliphatic carbocycles. The van der Waals surface area contributed by atoms with E-state index in [-0.39, 0.29) is 24.4 Å². The molecule has 0 saturated heterocycles. The molecule has 0 aliphatic rings. The van der Waals surface area contributed by atoms with Crippen molar-refractivity contribution in [3.8, 4) is 11.4 Å².